The van der Waals surface area contributed by atoms with Gasteiger partial charge in [-0.15, -0.1) is 0 Å². The van der Waals surface area contributed by atoms with E-state index in [1.807, 2.05) is 56.3 Å². The Labute approximate surface area is 196 Å². The average Bonchev–Trinajstić information content (AvgIpc) is 3.19. The third-order valence-corrected chi connectivity index (χ3v) is 5.56. The molecule has 0 radical (unpaired) electrons. The number of pyridine rings is 1. The molecule has 7 heteroatoms. The zero-order valence-electron chi connectivity index (χ0n) is 18.7. The molecule has 166 valence electrons. The number of fused-ring (bicyclic) bond motifs is 1. The zero-order valence-corrected chi connectivity index (χ0v) is 18.7. The summed E-state index contributed by atoms with van der Waals surface area (Å²) in [7, 11) is 0. The second-order valence-corrected chi connectivity index (χ2v) is 8.16. The summed E-state index contributed by atoms with van der Waals surface area (Å²) in [5.74, 6) is -0.606. The van der Waals surface area contributed by atoms with Crippen LogP contribution in [0, 0.1) is 13.8 Å². The molecule has 4 aromatic rings. The highest BCUT2D eigenvalue weighted by molar-refractivity contribution is 6.21. The van der Waals surface area contributed by atoms with Crippen molar-refractivity contribution in [3.63, 3.8) is 0 Å². The molecular formula is C27H21N5O2. The quantitative estimate of drug-likeness (QED) is 0.507. The minimum Gasteiger partial charge on any atom is -0.346 e. The molecule has 7 nitrogen and oxygen atoms in total. The van der Waals surface area contributed by atoms with Crippen LogP contribution in [0.25, 0.3) is 16.8 Å². The molecule has 5 rings (SSSR count). The highest BCUT2D eigenvalue weighted by atomic mass is 16.2. The molecule has 1 aliphatic heterocycles. The molecule has 3 heterocycles. The second-order valence-electron chi connectivity index (χ2n) is 8.16. The lowest BCUT2D eigenvalue weighted by Gasteiger charge is -2.11. The highest BCUT2D eigenvalue weighted by Gasteiger charge is 2.21. The van der Waals surface area contributed by atoms with Crippen LogP contribution in [0.3, 0.4) is 0 Å². The Kier molecular flexibility index (Phi) is 5.51. The first-order valence-corrected chi connectivity index (χ1v) is 10.8. The Balaban J connectivity index is 1.58. The number of benzene rings is 2. The van der Waals surface area contributed by atoms with Gasteiger partial charge in [-0.1, -0.05) is 24.3 Å². The fraction of sp³-hybridized carbons (Fsp3) is 0.111. The van der Waals surface area contributed by atoms with E-state index in [-0.39, 0.29) is 18.4 Å². The molecule has 1 N–H and O–H groups in total. The number of hydrogen-bond donors (Lipinski definition) is 1. The normalized spacial score (nSPS) is 12.3. The average molecular weight is 447 g/mol. The van der Waals surface area contributed by atoms with Crippen LogP contribution < -0.4 is 15.9 Å². The summed E-state index contributed by atoms with van der Waals surface area (Å²) < 4.78 is 0. The number of amides is 2. The summed E-state index contributed by atoms with van der Waals surface area (Å²) in [6, 6.07) is 16.6. The number of nitrogens with zero attached hydrogens (tertiary/aromatic N) is 4. The van der Waals surface area contributed by atoms with E-state index < -0.39 is 0 Å². The van der Waals surface area contributed by atoms with E-state index in [4.69, 9.17) is 0 Å². The van der Waals surface area contributed by atoms with E-state index in [0.717, 1.165) is 22.0 Å². The van der Waals surface area contributed by atoms with Gasteiger partial charge in [-0.25, -0.2) is 4.99 Å². The van der Waals surface area contributed by atoms with Crippen LogP contribution in [0.5, 0.6) is 0 Å². The first kappa shape index (κ1) is 21.3. The lowest BCUT2D eigenvalue weighted by atomic mass is 9.96. The van der Waals surface area contributed by atoms with Crippen molar-refractivity contribution >= 4 is 17.4 Å². The van der Waals surface area contributed by atoms with Crippen molar-refractivity contribution in [1.29, 1.82) is 0 Å². The Morgan fingerprint density at radius 2 is 1.71 bits per heavy atom. The van der Waals surface area contributed by atoms with Gasteiger partial charge in [0.15, 0.2) is 0 Å². The second kappa shape index (κ2) is 8.78. The maximum atomic E-state index is 13.1. The monoisotopic (exact) mass is 447 g/mol. The lowest BCUT2D eigenvalue weighted by molar-refractivity contribution is -0.112. The zero-order chi connectivity index (χ0) is 23.7. The molecule has 0 atom stereocenters. The molecule has 2 amide bonds. The molecule has 0 spiro atoms. The van der Waals surface area contributed by atoms with E-state index in [1.54, 1.807) is 30.7 Å². The standard InChI is InChI=1S/C27H21N5O2/c1-16-7-8-23(30-12-16)18-9-19(25-22-5-3-4-6-24(22)32-27(25)34)11-20(10-18)26(33)31-15-21-14-28-17(2)13-29-21/h3-14H,15H2,1-2H3,(H,31,33). The van der Waals surface area contributed by atoms with Gasteiger partial charge in [0.25, 0.3) is 11.8 Å². The van der Waals surface area contributed by atoms with Crippen LogP contribution in [-0.2, 0) is 11.3 Å². The summed E-state index contributed by atoms with van der Waals surface area (Å²) >= 11 is 0. The van der Waals surface area contributed by atoms with Gasteiger partial charge in [-0.05, 0) is 55.3 Å². The van der Waals surface area contributed by atoms with E-state index in [1.165, 1.54) is 0 Å². The minimum atomic E-state index is -0.323. The van der Waals surface area contributed by atoms with Crippen LogP contribution in [0.2, 0.25) is 0 Å². The van der Waals surface area contributed by atoms with Crippen LogP contribution in [0.4, 0.5) is 0 Å². The van der Waals surface area contributed by atoms with Crippen molar-refractivity contribution in [2.75, 3.05) is 0 Å². The molecule has 2 aromatic carbocycles. The summed E-state index contributed by atoms with van der Waals surface area (Å²) in [5.41, 5.74) is 5.46. The maximum absolute atomic E-state index is 13.1. The Bertz CT molecular complexity index is 1540. The molecule has 0 unspecified atom stereocenters. The van der Waals surface area contributed by atoms with Crippen LogP contribution >= 0.6 is 0 Å². The molecule has 34 heavy (non-hydrogen) atoms. The van der Waals surface area contributed by atoms with Crippen LogP contribution in [-0.4, -0.2) is 26.8 Å². The first-order valence-electron chi connectivity index (χ1n) is 10.8. The third-order valence-electron chi connectivity index (χ3n) is 5.56. The predicted octanol–water partition coefficient (Wildman–Crippen LogP) is 2.44. The largest absolute Gasteiger partial charge is 0.346 e. The topological polar surface area (TPSA) is 97.2 Å². The number of hydrogen-bond acceptors (Lipinski definition) is 5. The summed E-state index contributed by atoms with van der Waals surface area (Å²) in [5, 5.41) is 4.27. The van der Waals surface area contributed by atoms with Crippen molar-refractivity contribution < 1.29 is 9.59 Å². The van der Waals surface area contributed by atoms with E-state index in [2.05, 4.69) is 25.3 Å². The van der Waals surface area contributed by atoms with Crippen molar-refractivity contribution in [3.05, 3.63) is 112 Å². The van der Waals surface area contributed by atoms with Gasteiger partial charge >= 0.3 is 0 Å². The van der Waals surface area contributed by atoms with Crippen LogP contribution in [0.1, 0.15) is 32.9 Å². The van der Waals surface area contributed by atoms with Gasteiger partial charge in [0.1, 0.15) is 0 Å². The van der Waals surface area contributed by atoms with Crippen molar-refractivity contribution in [2.24, 2.45) is 4.99 Å². The lowest BCUT2D eigenvalue weighted by Crippen LogP contribution is -2.24. The van der Waals surface area contributed by atoms with Crippen LogP contribution in [0.15, 0.2) is 78.2 Å². The van der Waals surface area contributed by atoms with Crippen molar-refractivity contribution in [1.82, 2.24) is 20.3 Å². The van der Waals surface area contributed by atoms with Gasteiger partial charge in [-0.3, -0.25) is 24.5 Å². The molecular weight excluding hydrogens is 426 g/mol. The highest BCUT2D eigenvalue weighted by Crippen LogP contribution is 2.25. The van der Waals surface area contributed by atoms with E-state index in [0.29, 0.717) is 33.4 Å². The van der Waals surface area contributed by atoms with Gasteiger partial charge in [-0.2, -0.15) is 0 Å². The first-order chi connectivity index (χ1) is 16.5. The number of aryl methyl sites for hydroxylation is 2. The summed E-state index contributed by atoms with van der Waals surface area (Å²) in [6.45, 7) is 4.06. The van der Waals surface area contributed by atoms with Gasteiger partial charge in [0.05, 0.1) is 40.8 Å². The molecule has 0 aliphatic carbocycles. The van der Waals surface area contributed by atoms with E-state index in [9.17, 15) is 9.59 Å². The summed E-state index contributed by atoms with van der Waals surface area (Å²) in [6.07, 6.45) is 5.07. The number of carbonyl (C=O) groups is 2. The van der Waals surface area contributed by atoms with E-state index >= 15 is 0 Å². The predicted molar refractivity (Wildman–Crippen MR) is 127 cm³/mol. The third kappa shape index (κ3) is 4.23. The number of nitrogens with one attached hydrogen (secondary N) is 1. The number of rotatable bonds is 5. The van der Waals surface area contributed by atoms with Gasteiger partial charge in [0, 0.05) is 28.7 Å². The van der Waals surface area contributed by atoms with Crippen molar-refractivity contribution in [2.45, 2.75) is 20.4 Å². The Morgan fingerprint density at radius 1 is 0.882 bits per heavy atom. The summed E-state index contributed by atoms with van der Waals surface area (Å²) in [4.78, 5) is 43.1. The fourth-order valence-corrected chi connectivity index (χ4v) is 3.82. The molecule has 0 saturated carbocycles. The molecule has 0 fully saturated rings. The number of carbonyl (C=O) groups excluding carboxylic acids is 2. The van der Waals surface area contributed by atoms with Crippen molar-refractivity contribution in [3.8, 4) is 11.3 Å². The van der Waals surface area contributed by atoms with Gasteiger partial charge in [0.2, 0.25) is 0 Å². The SMILES string of the molecule is Cc1ccc(-c2cc(C(=O)NCc3cnc(C)cn3)cc(C3=c4ccccc4=NC3=O)c2)nc1. The number of para-hydroxylation sites is 1. The smallest absolute Gasteiger partial charge is 0.278 e. The molecule has 0 saturated heterocycles. The van der Waals surface area contributed by atoms with Gasteiger partial charge < -0.3 is 5.32 Å². The minimum absolute atomic E-state index is 0.238. The Morgan fingerprint density at radius 3 is 2.47 bits per heavy atom. The Hall–Kier alpha value is -4.52. The maximum Gasteiger partial charge on any atom is 0.278 e. The molecule has 1 aliphatic rings. The molecule has 0 bridgehead atoms. The molecule has 2 aromatic heterocycles. The number of aromatic nitrogens is 3. The fourth-order valence-electron chi connectivity index (χ4n) is 3.82.